The normalized spacial score (nSPS) is 16.5. The van der Waals surface area contributed by atoms with E-state index in [1.54, 1.807) is 0 Å². The number of pyridine rings is 2. The van der Waals surface area contributed by atoms with Crippen LogP contribution in [0.2, 0.25) is 0 Å². The van der Waals surface area contributed by atoms with Gasteiger partial charge >= 0.3 is 0 Å². The lowest BCUT2D eigenvalue weighted by Gasteiger charge is -2.40. The van der Waals surface area contributed by atoms with Gasteiger partial charge in [0.25, 0.3) is 0 Å². The van der Waals surface area contributed by atoms with Gasteiger partial charge in [-0.3, -0.25) is 9.97 Å². The molecule has 2 spiro atoms. The topological polar surface area (TPSA) is 39.9 Å². The number of ether oxygens (including phenoxy) is 1. The number of rotatable bonds is 1. The second-order valence-corrected chi connectivity index (χ2v) is 17.0. The van der Waals surface area contributed by atoms with Crippen molar-refractivity contribution in [2.24, 2.45) is 0 Å². The maximum atomic E-state index is 7.19. The van der Waals surface area contributed by atoms with E-state index in [1.807, 2.05) is 12.4 Å². The summed E-state index contributed by atoms with van der Waals surface area (Å²) in [5.74, 6) is 1.70. The summed E-state index contributed by atoms with van der Waals surface area (Å²) in [6.07, 6.45) is 3.94. The smallest absolute Gasteiger partial charge is 0.132 e. The molecule has 4 heterocycles. The molecule has 7 aromatic carbocycles. The van der Waals surface area contributed by atoms with Crippen molar-refractivity contribution < 1.29 is 4.74 Å². The first-order valence-electron chi connectivity index (χ1n) is 20.8. The summed E-state index contributed by atoms with van der Waals surface area (Å²) in [6, 6.07) is 60.7. The van der Waals surface area contributed by atoms with E-state index in [4.69, 9.17) is 14.7 Å². The van der Waals surface area contributed by atoms with Crippen LogP contribution in [0.25, 0.3) is 61.1 Å². The summed E-state index contributed by atoms with van der Waals surface area (Å²) in [6.45, 7) is 4.34. The van der Waals surface area contributed by atoms with E-state index in [0.29, 0.717) is 0 Å². The monoisotopic (exact) mass is 765 g/mol. The van der Waals surface area contributed by atoms with Gasteiger partial charge in [0, 0.05) is 33.7 Å². The molecule has 4 heteroatoms. The summed E-state index contributed by atoms with van der Waals surface area (Å²) in [5.41, 5.74) is 21.1. The second-order valence-electron chi connectivity index (χ2n) is 17.0. The van der Waals surface area contributed by atoms with Gasteiger partial charge in [-0.2, -0.15) is 0 Å². The highest BCUT2D eigenvalue weighted by Crippen LogP contribution is 2.67. The third kappa shape index (κ3) is 3.70. The Morgan fingerprint density at radius 2 is 0.967 bits per heavy atom. The van der Waals surface area contributed by atoms with Gasteiger partial charge in [0.1, 0.15) is 11.5 Å². The Morgan fingerprint density at radius 3 is 1.63 bits per heavy atom. The molecule has 0 saturated carbocycles. The predicted octanol–water partition coefficient (Wildman–Crippen LogP) is 13.0. The molecule has 0 saturated heterocycles. The van der Waals surface area contributed by atoms with Crippen LogP contribution in [0.15, 0.2) is 176 Å². The lowest BCUT2D eigenvalue weighted by Crippen LogP contribution is -2.33. The number of hydrogen-bond acceptors (Lipinski definition) is 3. The molecule has 0 bridgehead atoms. The maximum absolute atomic E-state index is 7.19. The molecule has 14 rings (SSSR count). The number of fused-ring (bicyclic) bond motifs is 22. The molecular formula is C56H35N3O. The van der Waals surface area contributed by atoms with Gasteiger partial charge in [-0.15, -0.1) is 0 Å². The fourth-order valence-electron chi connectivity index (χ4n) is 11.8. The molecule has 0 amide bonds. The van der Waals surface area contributed by atoms with Crippen LogP contribution in [0.5, 0.6) is 11.5 Å². The molecule has 10 aromatic rings. The Kier molecular flexibility index (Phi) is 6.01. The molecule has 3 aliphatic carbocycles. The lowest BCUT2D eigenvalue weighted by atomic mass is 9.65. The van der Waals surface area contributed by atoms with E-state index >= 15 is 0 Å². The standard InChI is InChI=1S/C56H35N3O/c1-32-21-23-49-39(26-32)40-27-33(2)22-24-50(40)59(49)34-28-48-54(58-31-34)53-45(19-11-25-57-53)56(48)44-18-9-10-20-51(44)60-52-30-46-38(29-47(52)56)37-14-5-8-17-43(37)55(46)41-15-6-3-12-35(41)36-13-4-7-16-42(36)55/h3-31H,1-2H3. The number of aromatic nitrogens is 3. The highest BCUT2D eigenvalue weighted by molar-refractivity contribution is 6.10. The van der Waals surface area contributed by atoms with E-state index in [0.717, 1.165) is 61.9 Å². The quantitative estimate of drug-likeness (QED) is 0.167. The predicted molar refractivity (Wildman–Crippen MR) is 240 cm³/mol. The summed E-state index contributed by atoms with van der Waals surface area (Å²) in [5, 5.41) is 2.49. The highest BCUT2D eigenvalue weighted by Gasteiger charge is 2.56. The first kappa shape index (κ1) is 32.4. The zero-order chi connectivity index (χ0) is 39.5. The molecule has 1 aliphatic heterocycles. The molecule has 280 valence electrons. The molecule has 4 nitrogen and oxygen atoms in total. The summed E-state index contributed by atoms with van der Waals surface area (Å²) in [7, 11) is 0. The fraction of sp³-hybridized carbons (Fsp3) is 0.0714. The van der Waals surface area contributed by atoms with Gasteiger partial charge in [-0.25, -0.2) is 0 Å². The summed E-state index contributed by atoms with van der Waals surface area (Å²) < 4.78 is 9.58. The number of para-hydroxylation sites is 1. The average molecular weight is 766 g/mol. The molecule has 0 fully saturated rings. The van der Waals surface area contributed by atoms with Crippen molar-refractivity contribution in [1.82, 2.24) is 14.5 Å². The van der Waals surface area contributed by atoms with Gasteiger partial charge in [0.05, 0.1) is 45.1 Å². The first-order chi connectivity index (χ1) is 29.6. The molecule has 1 unspecified atom stereocenters. The van der Waals surface area contributed by atoms with Gasteiger partial charge in [-0.1, -0.05) is 120 Å². The van der Waals surface area contributed by atoms with Crippen molar-refractivity contribution in [2.75, 3.05) is 0 Å². The number of hydrogen-bond donors (Lipinski definition) is 0. The Bertz CT molecular complexity index is 3470. The summed E-state index contributed by atoms with van der Waals surface area (Å²) >= 11 is 0. The van der Waals surface area contributed by atoms with E-state index in [2.05, 4.69) is 182 Å². The van der Waals surface area contributed by atoms with Crippen molar-refractivity contribution in [3.8, 4) is 50.8 Å². The van der Waals surface area contributed by atoms with Crippen molar-refractivity contribution >= 4 is 21.8 Å². The largest absolute Gasteiger partial charge is 0.457 e. The molecule has 3 aromatic heterocycles. The molecule has 0 radical (unpaired) electrons. The SMILES string of the molecule is Cc1ccc2c(c1)c1cc(C)ccc1n2-c1cnc2c(c1)C1(c3ccccc3Oc3cc4c(cc31)-c1ccccc1C41c3ccccc3-c3ccccc31)c1cccnc1-2. The first-order valence-corrected chi connectivity index (χ1v) is 20.8. The molecule has 1 atom stereocenters. The third-order valence-corrected chi connectivity index (χ3v) is 14.1. The van der Waals surface area contributed by atoms with E-state index in [-0.39, 0.29) is 0 Å². The second kappa shape index (κ2) is 11.1. The molecule has 4 aliphatic rings. The zero-order valence-corrected chi connectivity index (χ0v) is 33.0. The Morgan fingerprint density at radius 1 is 0.417 bits per heavy atom. The number of benzene rings is 7. The van der Waals surface area contributed by atoms with Crippen LogP contribution in [0.1, 0.15) is 55.6 Å². The third-order valence-electron chi connectivity index (χ3n) is 14.1. The van der Waals surface area contributed by atoms with Crippen molar-refractivity contribution in [2.45, 2.75) is 24.7 Å². The average Bonchev–Trinajstić information content (AvgIpc) is 3.96. The minimum atomic E-state index is -0.761. The van der Waals surface area contributed by atoms with E-state index < -0.39 is 10.8 Å². The van der Waals surface area contributed by atoms with E-state index in [1.165, 1.54) is 66.4 Å². The van der Waals surface area contributed by atoms with Crippen LogP contribution in [-0.4, -0.2) is 14.5 Å². The van der Waals surface area contributed by atoms with Gasteiger partial charge < -0.3 is 9.30 Å². The van der Waals surface area contributed by atoms with Gasteiger partial charge in [-0.05, 0) is 119 Å². The zero-order valence-electron chi connectivity index (χ0n) is 33.0. The molecular weight excluding hydrogens is 731 g/mol. The minimum absolute atomic E-state index is 0.489. The van der Waals surface area contributed by atoms with Crippen LogP contribution in [0.4, 0.5) is 0 Å². The maximum Gasteiger partial charge on any atom is 0.132 e. The minimum Gasteiger partial charge on any atom is -0.457 e. The molecule has 0 N–H and O–H groups in total. The van der Waals surface area contributed by atoms with Crippen LogP contribution >= 0.6 is 0 Å². The van der Waals surface area contributed by atoms with Gasteiger partial charge in [0.2, 0.25) is 0 Å². The Balaban J connectivity index is 1.10. The fourth-order valence-corrected chi connectivity index (χ4v) is 11.8. The number of aryl methyl sites for hydroxylation is 2. The molecule has 60 heavy (non-hydrogen) atoms. The lowest BCUT2D eigenvalue weighted by molar-refractivity contribution is 0.435. The number of nitrogens with zero attached hydrogens (tertiary/aromatic N) is 3. The van der Waals surface area contributed by atoms with E-state index in [9.17, 15) is 0 Å². The van der Waals surface area contributed by atoms with Crippen molar-refractivity contribution in [3.63, 3.8) is 0 Å². The van der Waals surface area contributed by atoms with Crippen LogP contribution < -0.4 is 4.74 Å². The van der Waals surface area contributed by atoms with Crippen LogP contribution in [0.3, 0.4) is 0 Å². The Hall–Kier alpha value is -7.56. The van der Waals surface area contributed by atoms with Crippen LogP contribution in [0, 0.1) is 13.8 Å². The summed E-state index contributed by atoms with van der Waals surface area (Å²) in [4.78, 5) is 10.5. The van der Waals surface area contributed by atoms with Crippen molar-refractivity contribution in [1.29, 1.82) is 0 Å². The highest BCUT2D eigenvalue weighted by atomic mass is 16.5. The van der Waals surface area contributed by atoms with Crippen molar-refractivity contribution in [3.05, 3.63) is 232 Å². The van der Waals surface area contributed by atoms with Gasteiger partial charge in [0.15, 0.2) is 0 Å². The Labute approximate surface area is 347 Å². The van der Waals surface area contributed by atoms with Crippen LogP contribution in [-0.2, 0) is 10.8 Å².